The molecule has 104 valence electrons. The third kappa shape index (κ3) is 4.21. The van der Waals surface area contributed by atoms with Gasteiger partial charge in [-0.3, -0.25) is 0 Å². The summed E-state index contributed by atoms with van der Waals surface area (Å²) >= 11 is 3.29. The largest absolute Gasteiger partial charge is 0.462 e. The maximum atomic E-state index is 11.8. The summed E-state index contributed by atoms with van der Waals surface area (Å²) in [7, 11) is 0. The summed E-state index contributed by atoms with van der Waals surface area (Å²) < 4.78 is 11.5. The van der Waals surface area contributed by atoms with E-state index in [0.29, 0.717) is 24.0 Å². The number of rotatable bonds is 5. The molecular formula is C14H18BrNO3. The molecule has 1 fully saturated rings. The second kappa shape index (κ2) is 6.91. The number of halogens is 1. The van der Waals surface area contributed by atoms with E-state index >= 15 is 0 Å². The molecule has 1 saturated heterocycles. The van der Waals surface area contributed by atoms with Crippen LogP contribution in [0.4, 0.5) is 5.69 Å². The highest BCUT2D eigenvalue weighted by molar-refractivity contribution is 9.10. The fraction of sp³-hybridized carbons (Fsp3) is 0.500. The number of hydrogen-bond acceptors (Lipinski definition) is 4. The molecule has 1 aromatic rings. The zero-order chi connectivity index (χ0) is 13.7. The Bertz CT molecular complexity index is 444. The number of carbonyl (C=O) groups excluding carboxylic acids is 1. The fourth-order valence-corrected chi connectivity index (χ4v) is 2.35. The quantitative estimate of drug-likeness (QED) is 0.512. The Morgan fingerprint density at radius 3 is 3.05 bits per heavy atom. The first-order chi connectivity index (χ1) is 9.16. The van der Waals surface area contributed by atoms with Gasteiger partial charge in [-0.15, -0.1) is 0 Å². The topological polar surface area (TPSA) is 61.6 Å². The molecule has 1 unspecified atom stereocenters. The molecule has 19 heavy (non-hydrogen) atoms. The van der Waals surface area contributed by atoms with Crippen molar-refractivity contribution in [1.29, 1.82) is 0 Å². The lowest BCUT2D eigenvalue weighted by atomic mass is 10.1. The maximum absolute atomic E-state index is 11.8. The molecule has 0 radical (unpaired) electrons. The minimum atomic E-state index is -0.327. The normalized spacial score (nSPS) is 18.5. The van der Waals surface area contributed by atoms with E-state index in [1.165, 1.54) is 0 Å². The number of benzene rings is 1. The van der Waals surface area contributed by atoms with Crippen molar-refractivity contribution in [2.45, 2.75) is 31.8 Å². The fourth-order valence-electron chi connectivity index (χ4n) is 2.10. The van der Waals surface area contributed by atoms with E-state index in [4.69, 9.17) is 15.2 Å². The Morgan fingerprint density at radius 1 is 1.53 bits per heavy atom. The van der Waals surface area contributed by atoms with Gasteiger partial charge in [-0.2, -0.15) is 0 Å². The van der Waals surface area contributed by atoms with E-state index in [-0.39, 0.29) is 5.97 Å². The van der Waals surface area contributed by atoms with Gasteiger partial charge in [0.15, 0.2) is 0 Å². The molecule has 1 aromatic carbocycles. The van der Waals surface area contributed by atoms with Crippen molar-refractivity contribution in [2.75, 3.05) is 18.9 Å². The predicted molar refractivity (Wildman–Crippen MR) is 77.0 cm³/mol. The molecule has 1 aliphatic rings. The lowest BCUT2D eigenvalue weighted by Crippen LogP contribution is -2.10. The summed E-state index contributed by atoms with van der Waals surface area (Å²) in [6.07, 6.45) is 4.40. The van der Waals surface area contributed by atoms with Crippen LogP contribution >= 0.6 is 15.9 Å². The zero-order valence-electron chi connectivity index (χ0n) is 10.7. The summed E-state index contributed by atoms with van der Waals surface area (Å²) in [6, 6.07) is 5.06. The molecule has 4 nitrogen and oxygen atoms in total. The number of nitrogens with two attached hydrogens (primary N) is 1. The van der Waals surface area contributed by atoms with Crippen LogP contribution in [0.2, 0.25) is 0 Å². The second-order valence-electron chi connectivity index (χ2n) is 4.65. The molecular weight excluding hydrogens is 310 g/mol. The standard InChI is InChI=1S/C14H18BrNO3/c15-12-6-5-10(9-13(12)16)14(17)19-8-2-4-11-3-1-7-18-11/h5-6,9,11H,1-4,7-8,16H2. The molecule has 0 saturated carbocycles. The van der Waals surface area contributed by atoms with Crippen molar-refractivity contribution < 1.29 is 14.3 Å². The lowest BCUT2D eigenvalue weighted by molar-refractivity contribution is 0.0461. The Hall–Kier alpha value is -1.07. The first-order valence-corrected chi connectivity index (χ1v) is 7.30. The number of carbonyl (C=O) groups is 1. The molecule has 0 amide bonds. The van der Waals surface area contributed by atoms with Gasteiger partial charge in [-0.1, -0.05) is 0 Å². The van der Waals surface area contributed by atoms with Crippen molar-refractivity contribution in [2.24, 2.45) is 0 Å². The Morgan fingerprint density at radius 2 is 2.37 bits per heavy atom. The molecule has 2 rings (SSSR count). The van der Waals surface area contributed by atoms with Crippen molar-refractivity contribution in [3.05, 3.63) is 28.2 Å². The number of ether oxygens (including phenoxy) is 2. The van der Waals surface area contributed by atoms with Crippen LogP contribution in [0, 0.1) is 0 Å². The van der Waals surface area contributed by atoms with Crippen LogP contribution in [-0.4, -0.2) is 25.3 Å². The number of hydrogen-bond donors (Lipinski definition) is 1. The molecule has 5 heteroatoms. The predicted octanol–water partition coefficient (Wildman–Crippen LogP) is 3.15. The molecule has 0 bridgehead atoms. The van der Waals surface area contributed by atoms with Crippen LogP contribution in [0.25, 0.3) is 0 Å². The Kier molecular flexibility index (Phi) is 5.22. The van der Waals surface area contributed by atoms with Gasteiger partial charge in [0.25, 0.3) is 0 Å². The van der Waals surface area contributed by atoms with Gasteiger partial charge >= 0.3 is 5.97 Å². The van der Waals surface area contributed by atoms with E-state index in [2.05, 4.69) is 15.9 Å². The van der Waals surface area contributed by atoms with Crippen LogP contribution in [0.3, 0.4) is 0 Å². The second-order valence-corrected chi connectivity index (χ2v) is 5.50. The average Bonchev–Trinajstić information content (AvgIpc) is 2.91. The van der Waals surface area contributed by atoms with Gasteiger partial charge in [0, 0.05) is 16.8 Å². The monoisotopic (exact) mass is 327 g/mol. The van der Waals surface area contributed by atoms with Gasteiger partial charge in [0.1, 0.15) is 0 Å². The highest BCUT2D eigenvalue weighted by atomic mass is 79.9. The highest BCUT2D eigenvalue weighted by Gasteiger charge is 2.15. The number of anilines is 1. The molecule has 2 N–H and O–H groups in total. The van der Waals surface area contributed by atoms with Crippen LogP contribution in [0.5, 0.6) is 0 Å². The van der Waals surface area contributed by atoms with E-state index in [1.807, 2.05) is 0 Å². The summed E-state index contributed by atoms with van der Waals surface area (Å²) in [4.78, 5) is 11.8. The van der Waals surface area contributed by atoms with E-state index < -0.39 is 0 Å². The minimum absolute atomic E-state index is 0.327. The first kappa shape index (κ1) is 14.3. The summed E-state index contributed by atoms with van der Waals surface area (Å²) in [5.41, 5.74) is 6.74. The highest BCUT2D eigenvalue weighted by Crippen LogP contribution is 2.21. The van der Waals surface area contributed by atoms with Crippen LogP contribution in [0.15, 0.2) is 22.7 Å². The van der Waals surface area contributed by atoms with E-state index in [1.54, 1.807) is 18.2 Å². The molecule has 0 aromatic heterocycles. The Balaban J connectivity index is 1.72. The first-order valence-electron chi connectivity index (χ1n) is 6.50. The summed E-state index contributed by atoms with van der Waals surface area (Å²) in [5.74, 6) is -0.327. The Labute approximate surface area is 121 Å². The van der Waals surface area contributed by atoms with Crippen molar-refractivity contribution in [3.63, 3.8) is 0 Å². The number of esters is 1. The van der Waals surface area contributed by atoms with Crippen LogP contribution in [-0.2, 0) is 9.47 Å². The maximum Gasteiger partial charge on any atom is 0.338 e. The smallest absolute Gasteiger partial charge is 0.338 e. The lowest BCUT2D eigenvalue weighted by Gasteiger charge is -2.09. The van der Waals surface area contributed by atoms with E-state index in [0.717, 1.165) is 36.8 Å². The van der Waals surface area contributed by atoms with Gasteiger partial charge in [-0.05, 0) is 59.8 Å². The van der Waals surface area contributed by atoms with Gasteiger partial charge in [0.2, 0.25) is 0 Å². The number of nitrogen functional groups attached to an aromatic ring is 1. The summed E-state index contributed by atoms with van der Waals surface area (Å²) in [5, 5.41) is 0. The molecule has 1 heterocycles. The van der Waals surface area contributed by atoms with Crippen LogP contribution < -0.4 is 5.73 Å². The van der Waals surface area contributed by atoms with Gasteiger partial charge in [-0.25, -0.2) is 4.79 Å². The summed E-state index contributed by atoms with van der Waals surface area (Å²) in [6.45, 7) is 1.29. The van der Waals surface area contributed by atoms with Gasteiger partial charge < -0.3 is 15.2 Å². The van der Waals surface area contributed by atoms with Crippen LogP contribution in [0.1, 0.15) is 36.0 Å². The van der Waals surface area contributed by atoms with Gasteiger partial charge in [0.05, 0.1) is 18.3 Å². The van der Waals surface area contributed by atoms with Crippen molar-refractivity contribution >= 4 is 27.6 Å². The molecule has 1 aliphatic heterocycles. The van der Waals surface area contributed by atoms with E-state index in [9.17, 15) is 4.79 Å². The molecule has 1 atom stereocenters. The molecule has 0 spiro atoms. The third-order valence-corrected chi connectivity index (χ3v) is 3.88. The van der Waals surface area contributed by atoms with Crippen molar-refractivity contribution in [3.8, 4) is 0 Å². The SMILES string of the molecule is Nc1cc(C(=O)OCCCC2CCCO2)ccc1Br. The zero-order valence-corrected chi connectivity index (χ0v) is 12.3. The van der Waals surface area contributed by atoms with Crippen molar-refractivity contribution in [1.82, 2.24) is 0 Å². The third-order valence-electron chi connectivity index (χ3n) is 3.16. The average molecular weight is 328 g/mol. The molecule has 0 aliphatic carbocycles. The minimum Gasteiger partial charge on any atom is -0.462 e.